The zero-order valence-electron chi connectivity index (χ0n) is 34.3. The van der Waals surface area contributed by atoms with Crippen LogP contribution in [0.15, 0.2) is 66.0 Å². The molecule has 3 saturated heterocycles. The van der Waals surface area contributed by atoms with Gasteiger partial charge in [-0.2, -0.15) is 27.7 Å². The van der Waals surface area contributed by atoms with Gasteiger partial charge in [0.2, 0.25) is 21.9 Å². The van der Waals surface area contributed by atoms with E-state index in [2.05, 4.69) is 47.8 Å². The van der Waals surface area contributed by atoms with Gasteiger partial charge < -0.3 is 10.4 Å². The number of benzene rings is 2. The molecule has 0 saturated carbocycles. The fourth-order valence-electron chi connectivity index (χ4n) is 8.38. The maximum Gasteiger partial charge on any atom is 0.419 e. The minimum absolute atomic E-state index is 0.00468. The van der Waals surface area contributed by atoms with Crippen LogP contribution in [-0.4, -0.2) is 115 Å². The number of fused-ring (bicyclic) bond motifs is 1. The molecule has 3 aromatic heterocycles. The summed E-state index contributed by atoms with van der Waals surface area (Å²) in [6, 6.07) is 11.3. The lowest BCUT2D eigenvalue weighted by Crippen LogP contribution is -2.50. The van der Waals surface area contributed by atoms with E-state index in [0.29, 0.717) is 18.6 Å². The van der Waals surface area contributed by atoms with Crippen LogP contribution in [0.3, 0.4) is 0 Å². The van der Waals surface area contributed by atoms with Crippen molar-refractivity contribution in [1.29, 1.82) is 0 Å². The van der Waals surface area contributed by atoms with Crippen LogP contribution < -0.4 is 15.5 Å². The van der Waals surface area contributed by atoms with E-state index in [0.717, 1.165) is 52.3 Å². The van der Waals surface area contributed by atoms with Crippen molar-refractivity contribution in [1.82, 2.24) is 44.1 Å². The quantitative estimate of drug-likeness (QED) is 0.151. The van der Waals surface area contributed by atoms with E-state index in [1.54, 1.807) is 16.8 Å². The Hall–Kier alpha value is -5.51. The largest absolute Gasteiger partial charge is 0.419 e. The van der Waals surface area contributed by atoms with Crippen LogP contribution in [0.5, 0.6) is 0 Å². The summed E-state index contributed by atoms with van der Waals surface area (Å²) in [5.74, 6) is 0.235. The molecule has 0 aliphatic carbocycles. The molecule has 330 valence electrons. The number of rotatable bonds is 11. The lowest BCUT2D eigenvalue weighted by atomic mass is 9.89. The van der Waals surface area contributed by atoms with Gasteiger partial charge >= 0.3 is 12.2 Å². The van der Waals surface area contributed by atoms with Gasteiger partial charge in [0.15, 0.2) is 5.82 Å². The van der Waals surface area contributed by atoms with Crippen LogP contribution in [0, 0.1) is 0 Å². The number of nitrogens with zero attached hydrogens (tertiary/aromatic N) is 9. The third-order valence-corrected chi connectivity index (χ3v) is 13.4. The molecule has 0 spiro atoms. The lowest BCUT2D eigenvalue weighted by Gasteiger charge is -2.34. The van der Waals surface area contributed by atoms with Gasteiger partial charge in [-0.1, -0.05) is 18.2 Å². The Labute approximate surface area is 355 Å². The first-order chi connectivity index (χ1) is 29.3. The maximum atomic E-state index is 15.7. The van der Waals surface area contributed by atoms with Crippen LogP contribution in [0.4, 0.5) is 34.1 Å². The Morgan fingerprint density at radius 2 is 1.77 bits per heavy atom. The van der Waals surface area contributed by atoms with Crippen molar-refractivity contribution in [3.63, 3.8) is 0 Å². The molecule has 2 atom stereocenters. The Morgan fingerprint density at radius 1 is 1.00 bits per heavy atom. The number of nitrogens with one attached hydrogen (secondary N) is 2. The Balaban J connectivity index is 0.878. The number of aryl methyl sites for hydroxylation is 1. The number of aliphatic hydroxyl groups is 1. The number of imide groups is 1. The molecule has 21 heteroatoms. The van der Waals surface area contributed by atoms with Crippen molar-refractivity contribution in [3.8, 4) is 11.3 Å². The molecule has 3 aliphatic rings. The Morgan fingerprint density at radius 3 is 2.48 bits per heavy atom. The van der Waals surface area contributed by atoms with Crippen LogP contribution in [-0.2, 0) is 41.1 Å². The summed E-state index contributed by atoms with van der Waals surface area (Å²) < 4.78 is 89.5. The first-order valence-corrected chi connectivity index (χ1v) is 21.8. The number of piperidine rings is 2. The molecular formula is C41H47F4N11O5S. The predicted molar refractivity (Wildman–Crippen MR) is 220 cm³/mol. The van der Waals surface area contributed by atoms with Crippen molar-refractivity contribution < 1.29 is 40.7 Å². The molecule has 3 fully saturated rings. The highest BCUT2D eigenvalue weighted by molar-refractivity contribution is 7.89. The van der Waals surface area contributed by atoms with E-state index in [1.807, 2.05) is 19.2 Å². The average Bonchev–Trinajstić information content (AvgIpc) is 3.81. The van der Waals surface area contributed by atoms with Crippen LogP contribution in [0.1, 0.15) is 62.1 Å². The van der Waals surface area contributed by atoms with Crippen LogP contribution in [0.25, 0.3) is 22.2 Å². The van der Waals surface area contributed by atoms with E-state index in [9.17, 15) is 36.3 Å². The lowest BCUT2D eigenvalue weighted by molar-refractivity contribution is -0.137. The smallest absolute Gasteiger partial charge is 0.389 e. The van der Waals surface area contributed by atoms with Gasteiger partial charge in [-0.3, -0.25) is 29.3 Å². The number of halogens is 4. The van der Waals surface area contributed by atoms with E-state index in [-0.39, 0.29) is 60.7 Å². The van der Waals surface area contributed by atoms with Gasteiger partial charge in [-0.25, -0.2) is 27.6 Å². The topological polar surface area (TPSA) is 184 Å². The number of carbonyl (C=O) groups excluding carboxylic acids is 2. The number of likely N-dealkylation sites (tertiary alicyclic amines) is 1. The minimum Gasteiger partial charge on any atom is -0.389 e. The summed E-state index contributed by atoms with van der Waals surface area (Å²) in [5.41, 5.74) is 0.106. The zero-order chi connectivity index (χ0) is 44.1. The highest BCUT2D eigenvalue weighted by atomic mass is 32.2. The summed E-state index contributed by atoms with van der Waals surface area (Å²) in [7, 11) is -2.26. The standard InChI is InChI=1S/C41H47F4N11O5S/c1-40(2,59)24-54-22-28(19-47-54)36-31(41(43,44)45)20-46-38(50-36)48-33-11-15-55(23-32(33)42)62(60,61)29-6-4-5-25(17-29)21-53-13-9-26(10-14-53)27-7-8-30-34(18-27)52(3)51-37(30)56-16-12-35(57)49-39(56)58/h4-8,17-20,22,26,32-33,59H,9-16,21,23-24H2,1-3H3,(H,46,48,50)(H,49,57,58)/t32-,33+/m1/s1. The molecule has 62 heavy (non-hydrogen) atoms. The second-order valence-corrected chi connectivity index (χ2v) is 18.7. The van der Waals surface area contributed by atoms with E-state index in [1.165, 1.54) is 41.9 Å². The molecule has 0 unspecified atom stereocenters. The predicted octanol–water partition coefficient (Wildman–Crippen LogP) is 5.06. The van der Waals surface area contributed by atoms with Crippen molar-refractivity contribution in [3.05, 3.63) is 77.7 Å². The number of aromatic nitrogens is 6. The molecule has 3 amide bonds. The minimum atomic E-state index is -4.80. The number of sulfonamides is 1. The van der Waals surface area contributed by atoms with E-state index in [4.69, 9.17) is 0 Å². The van der Waals surface area contributed by atoms with Gasteiger partial charge in [0.1, 0.15) is 11.7 Å². The van der Waals surface area contributed by atoms with Crippen LogP contribution >= 0.6 is 0 Å². The summed E-state index contributed by atoms with van der Waals surface area (Å²) >= 11 is 0. The molecule has 16 nitrogen and oxygen atoms in total. The van der Waals surface area contributed by atoms with Crippen molar-refractivity contribution in [2.75, 3.05) is 42.9 Å². The van der Waals surface area contributed by atoms with E-state index < -0.39 is 57.8 Å². The van der Waals surface area contributed by atoms with E-state index >= 15 is 4.39 Å². The van der Waals surface area contributed by atoms with Gasteiger partial charge in [-0.15, -0.1) is 0 Å². The molecule has 2 aromatic carbocycles. The number of urea groups is 1. The third kappa shape index (κ3) is 9.16. The molecule has 0 radical (unpaired) electrons. The summed E-state index contributed by atoms with van der Waals surface area (Å²) in [6.45, 7) is 4.90. The zero-order valence-corrected chi connectivity index (χ0v) is 35.1. The van der Waals surface area contributed by atoms with Crippen molar-refractivity contribution in [2.45, 2.75) is 87.4 Å². The average molecular weight is 882 g/mol. The molecule has 3 N–H and O–H groups in total. The third-order valence-electron chi connectivity index (χ3n) is 11.5. The summed E-state index contributed by atoms with van der Waals surface area (Å²) in [6.07, 6.45) is -1.43. The van der Waals surface area contributed by atoms with Gasteiger partial charge in [0.25, 0.3) is 0 Å². The summed E-state index contributed by atoms with van der Waals surface area (Å²) in [5, 5.41) is 24.7. The number of carbonyl (C=O) groups is 2. The highest BCUT2D eigenvalue weighted by Gasteiger charge is 2.39. The normalized spacial score (nSPS) is 20.2. The fourth-order valence-corrected chi connectivity index (χ4v) is 9.92. The molecule has 6 heterocycles. The monoisotopic (exact) mass is 881 g/mol. The second-order valence-electron chi connectivity index (χ2n) is 16.8. The number of hydrogen-bond donors (Lipinski definition) is 3. The molecule has 3 aliphatic heterocycles. The fraction of sp³-hybridized carbons (Fsp3) is 0.463. The summed E-state index contributed by atoms with van der Waals surface area (Å²) in [4.78, 5) is 35.9. The van der Waals surface area contributed by atoms with Crippen molar-refractivity contribution in [2.24, 2.45) is 7.05 Å². The second kappa shape index (κ2) is 16.6. The molecular weight excluding hydrogens is 835 g/mol. The van der Waals surface area contributed by atoms with Crippen LogP contribution in [0.2, 0.25) is 0 Å². The SMILES string of the molecule is Cn1nc(N2CCC(=O)NC2=O)c2ccc(C3CCN(Cc4cccc(S(=O)(=O)N5CC[C@H](Nc6ncc(C(F)(F)F)c(-c7cnn(CC(C)(C)O)c7)n6)[C@H](F)C5)c4)CC3)cc21. The van der Waals surface area contributed by atoms with Gasteiger partial charge in [0.05, 0.1) is 40.5 Å². The molecule has 0 bridgehead atoms. The maximum absolute atomic E-state index is 15.7. The number of hydrogen-bond acceptors (Lipinski definition) is 11. The molecule has 8 rings (SSSR count). The molecule has 5 aromatic rings. The first-order valence-electron chi connectivity index (χ1n) is 20.3. The number of anilines is 2. The Bertz CT molecular complexity index is 2600. The highest BCUT2D eigenvalue weighted by Crippen LogP contribution is 2.37. The number of amides is 3. The first kappa shape index (κ1) is 43.2. The van der Waals surface area contributed by atoms with Gasteiger partial charge in [-0.05, 0) is 87.5 Å². The van der Waals surface area contributed by atoms with Crippen molar-refractivity contribution >= 4 is 44.6 Å². The van der Waals surface area contributed by atoms with Gasteiger partial charge in [0, 0.05) is 63.0 Å². The number of alkyl halides is 4. The Kier molecular flexibility index (Phi) is 11.6.